The second-order valence-corrected chi connectivity index (χ2v) is 9.77. The Morgan fingerprint density at radius 1 is 0.805 bits per heavy atom. The Hall–Kier alpha value is -3.74. The molecule has 0 unspecified atom stereocenters. The number of methoxy groups -OCH3 is 3. The van der Waals surface area contributed by atoms with Gasteiger partial charge in [-0.05, 0) is 53.1 Å². The van der Waals surface area contributed by atoms with Gasteiger partial charge in [0.2, 0.25) is 0 Å². The fraction of sp³-hybridized carbons (Fsp3) is 0.400. The van der Waals surface area contributed by atoms with Crippen LogP contribution in [-0.4, -0.2) is 83.5 Å². The van der Waals surface area contributed by atoms with Gasteiger partial charge in [-0.1, -0.05) is 18.2 Å². The first-order chi connectivity index (χ1) is 19.7. The number of ether oxygens (including phenoxy) is 5. The van der Waals surface area contributed by atoms with Gasteiger partial charge in [0.1, 0.15) is 6.10 Å². The second-order valence-electron chi connectivity index (χ2n) is 9.77. The van der Waals surface area contributed by atoms with Gasteiger partial charge >= 0.3 is 0 Å². The number of aliphatic hydroxyl groups is 4. The number of hydrogen-bond donors (Lipinski definition) is 6. The molecule has 0 amide bonds. The van der Waals surface area contributed by atoms with Crippen molar-refractivity contribution in [3.8, 4) is 34.5 Å². The lowest BCUT2D eigenvalue weighted by atomic mass is 9.91. The molecule has 4 rings (SSSR count). The number of rotatable bonds is 12. The maximum Gasteiger partial charge on any atom is 0.161 e. The molecule has 3 aromatic rings. The molecular formula is C30H36O11. The maximum absolute atomic E-state index is 11.0. The van der Waals surface area contributed by atoms with Gasteiger partial charge < -0.3 is 54.3 Å². The van der Waals surface area contributed by atoms with Gasteiger partial charge in [0.15, 0.2) is 40.6 Å². The predicted octanol–water partition coefficient (Wildman–Crippen LogP) is 2.25. The van der Waals surface area contributed by atoms with Crippen molar-refractivity contribution in [2.24, 2.45) is 5.92 Å². The molecule has 222 valence electrons. The lowest BCUT2D eigenvalue weighted by Gasteiger charge is -2.24. The molecule has 0 aliphatic carbocycles. The molecular weight excluding hydrogens is 536 g/mol. The van der Waals surface area contributed by atoms with Crippen LogP contribution < -0.4 is 18.9 Å². The molecule has 1 fully saturated rings. The van der Waals surface area contributed by atoms with Gasteiger partial charge in [-0.3, -0.25) is 0 Å². The zero-order valence-corrected chi connectivity index (χ0v) is 23.0. The highest BCUT2D eigenvalue weighted by atomic mass is 16.5. The number of benzene rings is 3. The van der Waals surface area contributed by atoms with Crippen LogP contribution in [0, 0.1) is 5.92 Å². The minimum Gasteiger partial charge on any atom is -0.504 e. The molecule has 11 nitrogen and oxygen atoms in total. The molecule has 41 heavy (non-hydrogen) atoms. The summed E-state index contributed by atoms with van der Waals surface area (Å²) in [6.07, 6.45) is -4.25. The Kier molecular flexibility index (Phi) is 9.79. The third kappa shape index (κ3) is 6.45. The fourth-order valence-electron chi connectivity index (χ4n) is 5.02. The zero-order chi connectivity index (χ0) is 29.7. The average molecular weight is 573 g/mol. The summed E-state index contributed by atoms with van der Waals surface area (Å²) in [7, 11) is 4.28. The van der Waals surface area contributed by atoms with E-state index < -0.39 is 43.0 Å². The fourth-order valence-corrected chi connectivity index (χ4v) is 5.02. The maximum atomic E-state index is 11.0. The number of aromatic hydroxyl groups is 2. The molecule has 1 heterocycles. The lowest BCUT2D eigenvalue weighted by Crippen LogP contribution is -2.30. The van der Waals surface area contributed by atoms with E-state index in [-0.39, 0.29) is 35.4 Å². The van der Waals surface area contributed by atoms with Crippen LogP contribution >= 0.6 is 0 Å². The number of aliphatic hydroxyl groups excluding tert-OH is 4. The van der Waals surface area contributed by atoms with Crippen LogP contribution in [0.25, 0.3) is 0 Å². The van der Waals surface area contributed by atoms with Gasteiger partial charge in [0, 0.05) is 12.3 Å². The number of phenols is 2. The summed E-state index contributed by atoms with van der Waals surface area (Å²) in [5.74, 6) is 0.337. The standard InChI is InChI=1S/C30H36O11/c1-37-23-12-17(5-7-20(23)33)28(35)27(15-32)40-22-9-4-16(10-25(22)39-3)11-26-29(36)19(14-31)30(41-26)18-6-8-21(34)24(13-18)38-2/h4-10,12-13,19,26-36H,11,14-15H2,1-3H3/t19-,26-,27+,28-,29+,30-/m1/s1. The normalized spacial score (nSPS) is 21.7. The van der Waals surface area contributed by atoms with Gasteiger partial charge in [-0.15, -0.1) is 0 Å². The quantitative estimate of drug-likeness (QED) is 0.188. The van der Waals surface area contributed by atoms with Crippen LogP contribution in [0.2, 0.25) is 0 Å². The topological polar surface area (TPSA) is 168 Å². The summed E-state index contributed by atoms with van der Waals surface area (Å²) in [6.45, 7) is -0.817. The largest absolute Gasteiger partial charge is 0.504 e. The summed E-state index contributed by atoms with van der Waals surface area (Å²) >= 11 is 0. The second kappa shape index (κ2) is 13.3. The SMILES string of the molecule is COc1cc([C@@H](O)[C@H](CO)Oc2ccc(C[C@H]3O[C@H](c4ccc(O)c(OC)c4)[C@H](CO)[C@@H]3O)cc2OC)ccc1O. The Morgan fingerprint density at radius 2 is 1.46 bits per heavy atom. The minimum absolute atomic E-state index is 0.0277. The Labute approximate surface area is 237 Å². The van der Waals surface area contributed by atoms with E-state index in [2.05, 4.69) is 0 Å². The highest BCUT2D eigenvalue weighted by molar-refractivity contribution is 5.45. The zero-order valence-electron chi connectivity index (χ0n) is 23.0. The van der Waals surface area contributed by atoms with Crippen LogP contribution in [0.3, 0.4) is 0 Å². The first-order valence-corrected chi connectivity index (χ1v) is 13.0. The monoisotopic (exact) mass is 572 g/mol. The van der Waals surface area contributed by atoms with Crippen molar-refractivity contribution >= 4 is 0 Å². The molecule has 1 saturated heterocycles. The number of phenolic OH excluding ortho intramolecular Hbond substituents is 2. The van der Waals surface area contributed by atoms with E-state index in [1.54, 1.807) is 30.3 Å². The molecule has 1 aliphatic heterocycles. The molecule has 0 spiro atoms. The summed E-state index contributed by atoms with van der Waals surface area (Å²) in [6, 6.07) is 14.2. The van der Waals surface area contributed by atoms with Crippen LogP contribution in [0.4, 0.5) is 0 Å². The van der Waals surface area contributed by atoms with Crippen molar-refractivity contribution in [3.63, 3.8) is 0 Å². The molecule has 1 aliphatic rings. The van der Waals surface area contributed by atoms with Crippen molar-refractivity contribution < 1.29 is 54.3 Å². The first kappa shape index (κ1) is 30.2. The van der Waals surface area contributed by atoms with Crippen LogP contribution in [0.1, 0.15) is 28.9 Å². The van der Waals surface area contributed by atoms with E-state index in [1.165, 1.54) is 45.6 Å². The van der Waals surface area contributed by atoms with E-state index in [4.69, 9.17) is 23.7 Å². The van der Waals surface area contributed by atoms with E-state index in [9.17, 15) is 30.6 Å². The van der Waals surface area contributed by atoms with Crippen molar-refractivity contribution in [3.05, 3.63) is 71.3 Å². The molecule has 0 bridgehead atoms. The van der Waals surface area contributed by atoms with Gasteiger partial charge in [0.05, 0.1) is 52.9 Å². The van der Waals surface area contributed by atoms with E-state index in [1.807, 2.05) is 0 Å². The molecule has 0 radical (unpaired) electrons. The van der Waals surface area contributed by atoms with Crippen LogP contribution in [0.5, 0.6) is 34.5 Å². The Bertz CT molecular complexity index is 1310. The predicted molar refractivity (Wildman–Crippen MR) is 147 cm³/mol. The van der Waals surface area contributed by atoms with Gasteiger partial charge in [-0.2, -0.15) is 0 Å². The smallest absolute Gasteiger partial charge is 0.161 e. The van der Waals surface area contributed by atoms with Gasteiger partial charge in [-0.25, -0.2) is 0 Å². The molecule has 3 aromatic carbocycles. The van der Waals surface area contributed by atoms with Crippen molar-refractivity contribution in [2.75, 3.05) is 34.5 Å². The summed E-state index contributed by atoms with van der Waals surface area (Å²) < 4.78 is 27.9. The molecule has 6 N–H and O–H groups in total. The third-order valence-electron chi connectivity index (χ3n) is 7.29. The molecule has 6 atom stereocenters. The van der Waals surface area contributed by atoms with Crippen molar-refractivity contribution in [2.45, 2.75) is 36.9 Å². The van der Waals surface area contributed by atoms with Crippen molar-refractivity contribution in [1.29, 1.82) is 0 Å². The minimum atomic E-state index is -1.24. The Morgan fingerprint density at radius 3 is 2.10 bits per heavy atom. The van der Waals surface area contributed by atoms with Crippen molar-refractivity contribution in [1.82, 2.24) is 0 Å². The molecule has 0 aromatic heterocycles. The first-order valence-electron chi connectivity index (χ1n) is 13.0. The molecule has 11 heteroatoms. The highest BCUT2D eigenvalue weighted by Crippen LogP contribution is 2.42. The lowest BCUT2D eigenvalue weighted by molar-refractivity contribution is -0.000619. The van der Waals surface area contributed by atoms with E-state index in [0.717, 1.165) is 5.56 Å². The summed E-state index contributed by atoms with van der Waals surface area (Å²) in [5.41, 5.74) is 1.78. The van der Waals surface area contributed by atoms with Crippen LogP contribution in [-0.2, 0) is 11.2 Å². The summed E-state index contributed by atoms with van der Waals surface area (Å²) in [5, 5.41) is 61.6. The van der Waals surface area contributed by atoms with Crippen LogP contribution in [0.15, 0.2) is 54.6 Å². The van der Waals surface area contributed by atoms with E-state index in [0.29, 0.717) is 23.3 Å². The highest BCUT2D eigenvalue weighted by Gasteiger charge is 2.44. The summed E-state index contributed by atoms with van der Waals surface area (Å²) in [4.78, 5) is 0. The van der Waals surface area contributed by atoms with E-state index >= 15 is 0 Å². The third-order valence-corrected chi connectivity index (χ3v) is 7.29. The Balaban J connectivity index is 1.50. The van der Waals surface area contributed by atoms with Gasteiger partial charge in [0.25, 0.3) is 0 Å². The molecule has 0 saturated carbocycles. The number of hydrogen-bond acceptors (Lipinski definition) is 11. The average Bonchev–Trinajstić information content (AvgIpc) is 3.30.